The molecule has 2 unspecified atom stereocenters. The van der Waals surface area contributed by atoms with Gasteiger partial charge in [-0.1, -0.05) is 12.1 Å². The summed E-state index contributed by atoms with van der Waals surface area (Å²) in [6, 6.07) is 7.58. The quantitative estimate of drug-likeness (QED) is 0.828. The summed E-state index contributed by atoms with van der Waals surface area (Å²) in [5, 5.41) is 5.89. The van der Waals surface area contributed by atoms with Gasteiger partial charge in [0, 0.05) is 0 Å². The predicted molar refractivity (Wildman–Crippen MR) is 77.3 cm³/mol. The van der Waals surface area contributed by atoms with Gasteiger partial charge in [0.1, 0.15) is 5.75 Å². The molecule has 0 aliphatic heterocycles. The van der Waals surface area contributed by atoms with Crippen LogP contribution in [0.1, 0.15) is 39.3 Å². The molecule has 1 aromatic rings. The number of hydrogen-bond donors (Lipinski definition) is 2. The van der Waals surface area contributed by atoms with E-state index < -0.39 is 0 Å². The lowest BCUT2D eigenvalue weighted by Crippen LogP contribution is -2.41. The smallest absolute Gasteiger partial charge is 0.237 e. The van der Waals surface area contributed by atoms with Crippen LogP contribution in [0.2, 0.25) is 0 Å². The normalized spacial score (nSPS) is 14.0. The Bertz CT molecular complexity index is 418. The fourth-order valence-electron chi connectivity index (χ4n) is 1.68. The number of rotatable bonds is 6. The molecule has 0 fully saturated rings. The molecule has 0 saturated carbocycles. The fourth-order valence-corrected chi connectivity index (χ4v) is 1.68. The molecule has 2 atom stereocenters. The van der Waals surface area contributed by atoms with E-state index in [1.165, 1.54) is 0 Å². The molecule has 2 N–H and O–H groups in total. The van der Waals surface area contributed by atoms with Crippen LogP contribution in [0.25, 0.3) is 0 Å². The summed E-state index contributed by atoms with van der Waals surface area (Å²) in [4.78, 5) is 11.8. The van der Waals surface area contributed by atoms with Gasteiger partial charge in [-0.3, -0.25) is 4.79 Å². The van der Waals surface area contributed by atoms with Crippen LogP contribution in [-0.4, -0.2) is 25.1 Å². The summed E-state index contributed by atoms with van der Waals surface area (Å²) in [6.45, 7) is 7.79. The third-order valence-corrected chi connectivity index (χ3v) is 2.91. The minimum absolute atomic E-state index is 0.00909. The second kappa shape index (κ2) is 7.14. The van der Waals surface area contributed by atoms with Gasteiger partial charge in [-0.2, -0.15) is 0 Å². The Hall–Kier alpha value is -1.55. The molecule has 0 saturated heterocycles. The Kier molecular flexibility index (Phi) is 5.83. The van der Waals surface area contributed by atoms with E-state index in [9.17, 15) is 4.79 Å². The zero-order valence-corrected chi connectivity index (χ0v) is 12.4. The highest BCUT2D eigenvalue weighted by molar-refractivity contribution is 5.81. The lowest BCUT2D eigenvalue weighted by atomic mass is 10.1. The molecule has 4 heteroatoms. The molecular weight excluding hydrogens is 240 g/mol. The van der Waals surface area contributed by atoms with E-state index >= 15 is 0 Å². The van der Waals surface area contributed by atoms with E-state index in [-0.39, 0.29) is 24.1 Å². The Morgan fingerprint density at radius 3 is 2.47 bits per heavy atom. The van der Waals surface area contributed by atoms with Crippen LogP contribution in [0.3, 0.4) is 0 Å². The number of carbonyl (C=O) groups excluding carboxylic acids is 1. The van der Waals surface area contributed by atoms with Crippen molar-refractivity contribution < 1.29 is 9.53 Å². The van der Waals surface area contributed by atoms with E-state index in [0.29, 0.717) is 0 Å². The van der Waals surface area contributed by atoms with Gasteiger partial charge in [0.25, 0.3) is 0 Å². The summed E-state index contributed by atoms with van der Waals surface area (Å²) < 4.78 is 5.65. The molecule has 1 rings (SSSR count). The van der Waals surface area contributed by atoms with E-state index in [1.54, 1.807) is 7.05 Å². The highest BCUT2D eigenvalue weighted by atomic mass is 16.5. The third-order valence-electron chi connectivity index (χ3n) is 2.91. The van der Waals surface area contributed by atoms with Gasteiger partial charge in [-0.05, 0) is 52.4 Å². The van der Waals surface area contributed by atoms with Crippen molar-refractivity contribution in [3.8, 4) is 5.75 Å². The van der Waals surface area contributed by atoms with E-state index in [2.05, 4.69) is 10.6 Å². The number of likely N-dealkylation sites (N-methyl/N-ethyl adjacent to an activating group) is 1. The largest absolute Gasteiger partial charge is 0.491 e. The Morgan fingerprint density at radius 1 is 1.21 bits per heavy atom. The van der Waals surface area contributed by atoms with Crippen LogP contribution in [0, 0.1) is 0 Å². The van der Waals surface area contributed by atoms with Crippen LogP contribution in [-0.2, 0) is 4.79 Å². The average molecular weight is 264 g/mol. The molecule has 0 aliphatic rings. The molecule has 0 aromatic heterocycles. The first-order chi connectivity index (χ1) is 8.93. The molecule has 1 aromatic carbocycles. The van der Waals surface area contributed by atoms with Crippen LogP contribution >= 0.6 is 0 Å². The monoisotopic (exact) mass is 264 g/mol. The molecular formula is C15H24N2O2. The highest BCUT2D eigenvalue weighted by Crippen LogP contribution is 2.20. The summed E-state index contributed by atoms with van der Waals surface area (Å²) >= 11 is 0. The standard InChI is InChI=1S/C15H24N2O2/c1-10(2)19-14-8-6-7-13(9-14)11(3)17-15(18)12(4)16-5/h6-12,16H,1-5H3,(H,17,18). The molecule has 0 radical (unpaired) electrons. The predicted octanol–water partition coefficient (Wildman–Crippen LogP) is 2.26. The van der Waals surface area contributed by atoms with Gasteiger partial charge < -0.3 is 15.4 Å². The first-order valence-corrected chi connectivity index (χ1v) is 6.68. The number of nitrogens with one attached hydrogen (secondary N) is 2. The van der Waals surface area contributed by atoms with Crippen molar-refractivity contribution in [1.29, 1.82) is 0 Å². The van der Waals surface area contributed by atoms with Crippen molar-refractivity contribution in [1.82, 2.24) is 10.6 Å². The number of benzene rings is 1. The van der Waals surface area contributed by atoms with Gasteiger partial charge in [0.15, 0.2) is 0 Å². The maximum atomic E-state index is 11.8. The molecule has 4 nitrogen and oxygen atoms in total. The number of hydrogen-bond acceptors (Lipinski definition) is 3. The van der Waals surface area contributed by atoms with Crippen LogP contribution < -0.4 is 15.4 Å². The first kappa shape index (κ1) is 15.5. The number of ether oxygens (including phenoxy) is 1. The van der Waals surface area contributed by atoms with E-state index in [0.717, 1.165) is 11.3 Å². The summed E-state index contributed by atoms with van der Waals surface area (Å²) in [7, 11) is 1.77. The average Bonchev–Trinajstić information content (AvgIpc) is 2.37. The molecule has 0 spiro atoms. The van der Waals surface area contributed by atoms with Crippen LogP contribution in [0.15, 0.2) is 24.3 Å². The lowest BCUT2D eigenvalue weighted by Gasteiger charge is -2.18. The number of carbonyl (C=O) groups is 1. The minimum Gasteiger partial charge on any atom is -0.491 e. The zero-order valence-electron chi connectivity index (χ0n) is 12.4. The van der Waals surface area contributed by atoms with Crippen LogP contribution in [0.4, 0.5) is 0 Å². The fraction of sp³-hybridized carbons (Fsp3) is 0.533. The highest BCUT2D eigenvalue weighted by Gasteiger charge is 2.14. The zero-order chi connectivity index (χ0) is 14.4. The summed E-state index contributed by atoms with van der Waals surface area (Å²) in [5.41, 5.74) is 1.04. The summed E-state index contributed by atoms with van der Waals surface area (Å²) in [5.74, 6) is 0.820. The number of amides is 1. The maximum Gasteiger partial charge on any atom is 0.237 e. The SMILES string of the molecule is CNC(C)C(=O)NC(C)c1cccc(OC(C)C)c1. The molecule has 1 amide bonds. The Balaban J connectivity index is 2.71. The minimum atomic E-state index is -0.197. The molecule has 19 heavy (non-hydrogen) atoms. The lowest BCUT2D eigenvalue weighted by molar-refractivity contribution is -0.123. The van der Waals surface area contributed by atoms with Crippen molar-refractivity contribution >= 4 is 5.91 Å². The van der Waals surface area contributed by atoms with Crippen molar-refractivity contribution in [2.75, 3.05) is 7.05 Å². The van der Waals surface area contributed by atoms with Gasteiger partial charge in [0.05, 0.1) is 18.2 Å². The Labute approximate surface area is 115 Å². The van der Waals surface area contributed by atoms with E-state index in [1.807, 2.05) is 52.0 Å². The first-order valence-electron chi connectivity index (χ1n) is 6.68. The van der Waals surface area contributed by atoms with Gasteiger partial charge in [0.2, 0.25) is 5.91 Å². The molecule has 0 bridgehead atoms. The van der Waals surface area contributed by atoms with E-state index in [4.69, 9.17) is 4.74 Å². The Morgan fingerprint density at radius 2 is 1.89 bits per heavy atom. The van der Waals surface area contributed by atoms with Crippen molar-refractivity contribution in [2.45, 2.75) is 45.9 Å². The third kappa shape index (κ3) is 4.91. The van der Waals surface area contributed by atoms with Gasteiger partial charge in [-0.25, -0.2) is 0 Å². The molecule has 0 aliphatic carbocycles. The van der Waals surface area contributed by atoms with Crippen molar-refractivity contribution in [2.24, 2.45) is 0 Å². The summed E-state index contributed by atoms with van der Waals surface area (Å²) in [6.07, 6.45) is 0.143. The van der Waals surface area contributed by atoms with Gasteiger partial charge in [-0.15, -0.1) is 0 Å². The topological polar surface area (TPSA) is 50.4 Å². The second-order valence-electron chi connectivity index (χ2n) is 4.98. The second-order valence-corrected chi connectivity index (χ2v) is 4.98. The van der Waals surface area contributed by atoms with Crippen molar-refractivity contribution in [3.63, 3.8) is 0 Å². The van der Waals surface area contributed by atoms with Gasteiger partial charge >= 0.3 is 0 Å². The maximum absolute atomic E-state index is 11.8. The van der Waals surface area contributed by atoms with Crippen molar-refractivity contribution in [3.05, 3.63) is 29.8 Å². The molecule has 106 valence electrons. The molecule has 0 heterocycles. The van der Waals surface area contributed by atoms with Crippen LogP contribution in [0.5, 0.6) is 5.75 Å².